The number of aliphatic hydroxyl groups is 1. The van der Waals surface area contributed by atoms with Crippen LogP contribution >= 0.6 is 0 Å². The Bertz CT molecular complexity index is 1000. The van der Waals surface area contributed by atoms with Gasteiger partial charge < -0.3 is 14.6 Å². The van der Waals surface area contributed by atoms with Crippen molar-refractivity contribution in [2.45, 2.75) is 160 Å². The van der Waals surface area contributed by atoms with Gasteiger partial charge in [0.1, 0.15) is 12.7 Å². The third kappa shape index (κ3) is 8.05. The molecular weight excluding hydrogens is 580 g/mol. The summed E-state index contributed by atoms with van der Waals surface area (Å²) in [5, 5.41) is 9.69. The molecular formula is C43H70O4. The monoisotopic (exact) mass is 651 g/mol. The van der Waals surface area contributed by atoms with Gasteiger partial charge in [-0.15, -0.1) is 0 Å². The van der Waals surface area contributed by atoms with Crippen molar-refractivity contribution in [2.75, 3.05) is 19.8 Å². The number of unbranched alkanes of at least 4 members (excludes halogenated alkanes) is 9. The zero-order valence-electron chi connectivity index (χ0n) is 29.9. The Labute approximate surface area is 288 Å². The van der Waals surface area contributed by atoms with Crippen LogP contribution < -0.4 is 0 Å². The number of carbonyl (C=O) groups is 1. The molecule has 0 aromatic carbocycles. The number of fused-ring (bicyclic) bond motifs is 11. The van der Waals surface area contributed by atoms with E-state index in [0.29, 0.717) is 13.0 Å². The van der Waals surface area contributed by atoms with Gasteiger partial charge in [0.25, 0.3) is 0 Å². The summed E-state index contributed by atoms with van der Waals surface area (Å²) < 4.78 is 11.3. The highest BCUT2D eigenvalue weighted by Crippen LogP contribution is 2.74. The maximum Gasteiger partial charge on any atom is 0.305 e. The van der Waals surface area contributed by atoms with Crippen LogP contribution in [0.4, 0.5) is 0 Å². The van der Waals surface area contributed by atoms with Gasteiger partial charge in [-0.25, -0.2) is 0 Å². The van der Waals surface area contributed by atoms with Crippen molar-refractivity contribution in [2.24, 2.45) is 71.0 Å². The topological polar surface area (TPSA) is 55.8 Å². The second-order valence-corrected chi connectivity index (χ2v) is 17.9. The van der Waals surface area contributed by atoms with Crippen molar-refractivity contribution < 1.29 is 19.4 Å². The smallest absolute Gasteiger partial charge is 0.305 e. The van der Waals surface area contributed by atoms with E-state index in [4.69, 9.17) is 9.47 Å². The molecule has 4 heteroatoms. The fraction of sp³-hybridized carbons (Fsp3) is 0.930. The molecule has 0 spiro atoms. The van der Waals surface area contributed by atoms with E-state index >= 15 is 0 Å². The minimum Gasteiger partial charge on any atom is -0.463 e. The molecule has 0 radical (unpaired) electrons. The molecule has 0 aliphatic heterocycles. The van der Waals surface area contributed by atoms with Crippen molar-refractivity contribution in [3.8, 4) is 0 Å². The van der Waals surface area contributed by atoms with Crippen LogP contribution in [0.5, 0.6) is 0 Å². The molecule has 12 unspecified atom stereocenters. The standard InChI is InChI=1S/C43H70O4/c44-28-32(46-25-13-7-2-1-4-8-15-31-20-22-38-40(27-31)43-37-24-23-36(37)42(38)43)29-47-41(45)18-10-6-3-5-9-14-30-19-21-35-33-16-11-12-17-34(33)39(35)26-30/h12,17,30-40,42-44H,1-11,13-16,18-29H2/t30?,31?,32-,33?,34?,35?,36?,37?,38?,39?,40?,42?,43?/m0/s1. The molecule has 7 rings (SSSR count). The van der Waals surface area contributed by atoms with Gasteiger partial charge in [0.2, 0.25) is 0 Å². The average Bonchev–Trinajstić information content (AvgIpc) is 3.08. The van der Waals surface area contributed by atoms with Crippen LogP contribution in [0.1, 0.15) is 154 Å². The van der Waals surface area contributed by atoms with E-state index in [2.05, 4.69) is 12.2 Å². The predicted octanol–water partition coefficient (Wildman–Crippen LogP) is 10.3. The molecule has 6 saturated carbocycles. The van der Waals surface area contributed by atoms with Gasteiger partial charge in [-0.3, -0.25) is 4.79 Å². The van der Waals surface area contributed by atoms with Crippen LogP contribution in [0.25, 0.3) is 0 Å². The van der Waals surface area contributed by atoms with Crippen LogP contribution in [0, 0.1) is 71.0 Å². The van der Waals surface area contributed by atoms with E-state index in [0.717, 1.165) is 66.6 Å². The molecule has 0 bridgehead atoms. The molecule has 0 aromatic heterocycles. The van der Waals surface area contributed by atoms with E-state index in [1.54, 1.807) is 25.7 Å². The number of aliphatic hydroxyl groups excluding tert-OH is 1. The molecule has 6 fully saturated rings. The maximum atomic E-state index is 12.3. The van der Waals surface area contributed by atoms with E-state index in [9.17, 15) is 9.90 Å². The van der Waals surface area contributed by atoms with Gasteiger partial charge >= 0.3 is 5.97 Å². The zero-order valence-corrected chi connectivity index (χ0v) is 29.9. The van der Waals surface area contributed by atoms with Crippen molar-refractivity contribution >= 4 is 5.97 Å². The van der Waals surface area contributed by atoms with E-state index in [-0.39, 0.29) is 25.3 Å². The second-order valence-electron chi connectivity index (χ2n) is 17.9. The number of ether oxygens (including phenoxy) is 2. The third-order valence-electron chi connectivity index (χ3n) is 15.5. The van der Waals surface area contributed by atoms with Crippen LogP contribution in [0.3, 0.4) is 0 Å². The highest BCUT2D eigenvalue weighted by molar-refractivity contribution is 5.69. The predicted molar refractivity (Wildman–Crippen MR) is 190 cm³/mol. The summed E-state index contributed by atoms with van der Waals surface area (Å²) in [6, 6.07) is 0. The molecule has 7 aliphatic carbocycles. The Balaban J connectivity index is 0.625. The molecule has 1 N–H and O–H groups in total. The van der Waals surface area contributed by atoms with Crippen molar-refractivity contribution in [1.29, 1.82) is 0 Å². The molecule has 0 aromatic rings. The van der Waals surface area contributed by atoms with Gasteiger partial charge in [-0.1, -0.05) is 95.6 Å². The summed E-state index contributed by atoms with van der Waals surface area (Å²) in [5.74, 6) is 12.9. The Kier molecular flexibility index (Phi) is 12.4. The lowest BCUT2D eigenvalue weighted by molar-refractivity contribution is -0.264. The van der Waals surface area contributed by atoms with Gasteiger partial charge in [0.15, 0.2) is 0 Å². The fourth-order valence-electron chi connectivity index (χ4n) is 12.9. The first-order chi connectivity index (χ1) is 23.2. The number of esters is 1. The molecule has 0 heterocycles. The SMILES string of the molecule is O=C(CCCCCCCC1CCC2C3CCC=CC3C2C1)OC[C@H](CO)OCCCCCCCCC1CCC2C(C1)C1C3CCC3C21. The molecule has 0 amide bonds. The molecule has 4 nitrogen and oxygen atoms in total. The molecule has 47 heavy (non-hydrogen) atoms. The number of hydrogen-bond donors (Lipinski definition) is 1. The van der Waals surface area contributed by atoms with E-state index in [1.807, 2.05) is 0 Å². The molecule has 266 valence electrons. The number of hydrogen-bond acceptors (Lipinski definition) is 4. The zero-order chi connectivity index (χ0) is 32.0. The summed E-state index contributed by atoms with van der Waals surface area (Å²) in [6.07, 6.45) is 36.6. The van der Waals surface area contributed by atoms with Crippen LogP contribution in [0.15, 0.2) is 12.2 Å². The van der Waals surface area contributed by atoms with Crippen LogP contribution in [-0.4, -0.2) is 37.0 Å². The Morgan fingerprint density at radius 2 is 1.23 bits per heavy atom. The lowest BCUT2D eigenvalue weighted by Crippen LogP contribution is -2.69. The van der Waals surface area contributed by atoms with Crippen LogP contribution in [0.2, 0.25) is 0 Å². The average molecular weight is 651 g/mol. The number of rotatable bonds is 21. The maximum absolute atomic E-state index is 12.3. The minimum absolute atomic E-state index is 0.0843. The van der Waals surface area contributed by atoms with E-state index < -0.39 is 0 Å². The highest BCUT2D eigenvalue weighted by atomic mass is 16.6. The molecule has 13 atom stereocenters. The Morgan fingerprint density at radius 1 is 0.638 bits per heavy atom. The first kappa shape index (κ1) is 34.6. The highest BCUT2D eigenvalue weighted by Gasteiger charge is 2.68. The lowest BCUT2D eigenvalue weighted by Gasteiger charge is -2.74. The second kappa shape index (κ2) is 16.9. The number of allylic oxidation sites excluding steroid dienone is 2. The summed E-state index contributed by atoms with van der Waals surface area (Å²) >= 11 is 0. The van der Waals surface area contributed by atoms with Crippen LogP contribution in [-0.2, 0) is 14.3 Å². The molecule has 7 aliphatic rings. The summed E-state index contributed by atoms with van der Waals surface area (Å²) in [5.41, 5.74) is 0. The quantitative estimate of drug-likeness (QED) is 0.0763. The van der Waals surface area contributed by atoms with Crippen molar-refractivity contribution in [3.05, 3.63) is 12.2 Å². The Morgan fingerprint density at radius 3 is 1.96 bits per heavy atom. The Hall–Kier alpha value is -0.870. The van der Waals surface area contributed by atoms with Gasteiger partial charge in [0.05, 0.1) is 6.61 Å². The van der Waals surface area contributed by atoms with Crippen molar-refractivity contribution in [3.63, 3.8) is 0 Å². The summed E-state index contributed by atoms with van der Waals surface area (Å²) in [7, 11) is 0. The molecule has 0 saturated heterocycles. The summed E-state index contributed by atoms with van der Waals surface area (Å²) in [6.45, 7) is 0.748. The minimum atomic E-state index is -0.384. The first-order valence-corrected chi connectivity index (χ1v) is 21.3. The normalized spacial score (nSPS) is 39.8. The third-order valence-corrected chi connectivity index (χ3v) is 15.5. The summed E-state index contributed by atoms with van der Waals surface area (Å²) in [4.78, 5) is 12.3. The van der Waals surface area contributed by atoms with Gasteiger partial charge in [-0.05, 0) is 135 Å². The number of carbonyl (C=O) groups excluding carboxylic acids is 1. The lowest BCUT2D eigenvalue weighted by atomic mass is 9.30. The van der Waals surface area contributed by atoms with Crippen molar-refractivity contribution in [1.82, 2.24) is 0 Å². The first-order valence-electron chi connectivity index (χ1n) is 21.3. The van der Waals surface area contributed by atoms with E-state index in [1.165, 1.54) is 126 Å². The fourth-order valence-corrected chi connectivity index (χ4v) is 12.9. The largest absolute Gasteiger partial charge is 0.463 e. The van der Waals surface area contributed by atoms with Gasteiger partial charge in [0, 0.05) is 13.0 Å². The van der Waals surface area contributed by atoms with Gasteiger partial charge in [-0.2, -0.15) is 0 Å².